The van der Waals surface area contributed by atoms with Crippen molar-refractivity contribution in [1.29, 1.82) is 0 Å². The molecule has 8 aromatic rings. The van der Waals surface area contributed by atoms with Gasteiger partial charge in [0.15, 0.2) is 5.78 Å². The number of anilines is 4. The van der Waals surface area contributed by atoms with Gasteiger partial charge in [0.25, 0.3) is 0 Å². The lowest BCUT2D eigenvalue weighted by molar-refractivity contribution is 0.104. The predicted molar refractivity (Wildman–Crippen MR) is 243 cm³/mol. The Morgan fingerprint density at radius 2 is 1.23 bits per heavy atom. The van der Waals surface area contributed by atoms with E-state index in [1.165, 1.54) is 17.5 Å². The van der Waals surface area contributed by atoms with Crippen LogP contribution < -0.4 is 10.4 Å². The number of hydrogen-bond donors (Lipinski definition) is 2. The Morgan fingerprint density at radius 1 is 0.607 bits per heavy atom. The average molecular weight is 800 g/mol. The smallest absolute Gasteiger partial charge is 0.245 e. The number of phenolic OH excluding ortho intramolecular Hbond substituents is 1. The summed E-state index contributed by atoms with van der Waals surface area (Å²) in [7, 11) is 0. The molecular weight excluding hydrogens is 759 g/mol. The Hall–Kier alpha value is -8.04. The molecule has 0 saturated carbocycles. The summed E-state index contributed by atoms with van der Waals surface area (Å²) in [5.41, 5.74) is 15.4. The number of azo groups is 1. The predicted octanol–water partition coefficient (Wildman–Crippen LogP) is 13.2. The summed E-state index contributed by atoms with van der Waals surface area (Å²) in [5.74, 6) is -0.0204. The Bertz CT molecular complexity index is 2860. The quantitative estimate of drug-likeness (QED) is 0.0491. The van der Waals surface area contributed by atoms with Crippen LogP contribution >= 0.6 is 0 Å². The van der Waals surface area contributed by atoms with Crippen LogP contribution in [0.15, 0.2) is 191 Å². The molecule has 0 aliphatic heterocycles. The fourth-order valence-electron chi connectivity index (χ4n) is 7.60. The molecule has 9 rings (SSSR count). The fourth-order valence-corrected chi connectivity index (χ4v) is 7.60. The SMILES string of the molecule is Cc1ccc2c(c1)C(=O)c1cc(N=Nc3c(O)ccc4cc(CON=CONc5ccc(CCc6ccc(N(c7ccccc7)c7ccccc7)cc6)cc5)ccc34)ccc1-2. The normalized spacial score (nSPS) is 11.9. The first-order valence-corrected chi connectivity index (χ1v) is 20.1. The number of ketones is 1. The first-order valence-electron chi connectivity index (χ1n) is 20.1. The zero-order chi connectivity index (χ0) is 41.5. The number of aryl methyl sites for hydroxylation is 3. The second-order valence-electron chi connectivity index (χ2n) is 14.9. The van der Waals surface area contributed by atoms with Crippen molar-refractivity contribution in [3.8, 4) is 16.9 Å². The van der Waals surface area contributed by atoms with Crippen molar-refractivity contribution in [3.05, 3.63) is 209 Å². The molecule has 0 fully saturated rings. The number of fused-ring (bicyclic) bond motifs is 4. The zero-order valence-corrected chi connectivity index (χ0v) is 33.4. The van der Waals surface area contributed by atoms with Crippen LogP contribution in [0.25, 0.3) is 21.9 Å². The summed E-state index contributed by atoms with van der Waals surface area (Å²) in [4.78, 5) is 26.2. The van der Waals surface area contributed by atoms with E-state index < -0.39 is 0 Å². The monoisotopic (exact) mass is 799 g/mol. The molecule has 61 heavy (non-hydrogen) atoms. The van der Waals surface area contributed by atoms with Gasteiger partial charge in [0.1, 0.15) is 18.0 Å². The molecule has 0 unspecified atom stereocenters. The third-order valence-corrected chi connectivity index (χ3v) is 10.7. The number of nitrogens with zero attached hydrogens (tertiary/aromatic N) is 4. The van der Waals surface area contributed by atoms with Gasteiger partial charge in [0.05, 0.1) is 11.4 Å². The number of benzene rings is 8. The summed E-state index contributed by atoms with van der Waals surface area (Å²) in [6.07, 6.45) is 3.04. The molecule has 0 radical (unpaired) electrons. The number of nitrogens with one attached hydrogen (secondary N) is 1. The average Bonchev–Trinajstić information content (AvgIpc) is 3.57. The van der Waals surface area contributed by atoms with E-state index in [9.17, 15) is 9.90 Å². The number of oxime groups is 1. The summed E-state index contributed by atoms with van der Waals surface area (Å²) in [6, 6.07) is 58.2. The Morgan fingerprint density at radius 3 is 1.93 bits per heavy atom. The summed E-state index contributed by atoms with van der Waals surface area (Å²) >= 11 is 0. The molecule has 0 amide bonds. The third kappa shape index (κ3) is 8.58. The maximum Gasteiger partial charge on any atom is 0.245 e. The molecule has 1 aliphatic rings. The molecule has 0 atom stereocenters. The van der Waals surface area contributed by atoms with Crippen molar-refractivity contribution in [2.45, 2.75) is 26.4 Å². The molecule has 9 heteroatoms. The molecule has 0 spiro atoms. The largest absolute Gasteiger partial charge is 0.506 e. The highest BCUT2D eigenvalue weighted by Crippen LogP contribution is 2.41. The highest BCUT2D eigenvalue weighted by molar-refractivity contribution is 6.22. The first kappa shape index (κ1) is 38.5. The number of carbonyl (C=O) groups is 1. The van der Waals surface area contributed by atoms with Gasteiger partial charge in [-0.15, -0.1) is 5.11 Å². The molecule has 0 bridgehead atoms. The number of para-hydroxylation sites is 2. The number of phenols is 1. The minimum absolute atomic E-state index is 0.00100. The number of hydrogen-bond acceptors (Lipinski definition) is 9. The van der Waals surface area contributed by atoms with Gasteiger partial charge in [0, 0.05) is 33.6 Å². The molecule has 8 aromatic carbocycles. The lowest BCUT2D eigenvalue weighted by Gasteiger charge is -2.25. The lowest BCUT2D eigenvalue weighted by Crippen LogP contribution is -2.09. The van der Waals surface area contributed by atoms with Crippen LogP contribution in [0.5, 0.6) is 5.75 Å². The van der Waals surface area contributed by atoms with Crippen LogP contribution in [-0.4, -0.2) is 17.3 Å². The number of aromatic hydroxyl groups is 1. The summed E-state index contributed by atoms with van der Waals surface area (Å²) in [6.45, 7) is 2.18. The van der Waals surface area contributed by atoms with Crippen LogP contribution in [-0.2, 0) is 29.1 Å². The van der Waals surface area contributed by atoms with Gasteiger partial charge in [-0.2, -0.15) is 5.11 Å². The van der Waals surface area contributed by atoms with Gasteiger partial charge >= 0.3 is 0 Å². The van der Waals surface area contributed by atoms with E-state index in [1.807, 2.05) is 85.8 Å². The van der Waals surface area contributed by atoms with Crippen molar-refractivity contribution in [3.63, 3.8) is 0 Å². The van der Waals surface area contributed by atoms with Crippen LogP contribution in [0.2, 0.25) is 0 Å². The first-order chi connectivity index (χ1) is 30.0. The van der Waals surface area contributed by atoms with E-state index in [-0.39, 0.29) is 18.1 Å². The van der Waals surface area contributed by atoms with E-state index in [2.05, 4.69) is 111 Å². The third-order valence-electron chi connectivity index (χ3n) is 10.7. The highest BCUT2D eigenvalue weighted by Gasteiger charge is 2.27. The maximum absolute atomic E-state index is 13.1. The Labute approximate surface area is 353 Å². The molecular formula is C52H41N5O4. The summed E-state index contributed by atoms with van der Waals surface area (Å²) in [5, 5.41) is 25.0. The Kier molecular flexibility index (Phi) is 11.0. The van der Waals surface area contributed by atoms with Gasteiger partial charge in [-0.3, -0.25) is 4.79 Å². The lowest BCUT2D eigenvalue weighted by atomic mass is 10.0. The summed E-state index contributed by atoms with van der Waals surface area (Å²) < 4.78 is 0. The molecule has 0 saturated heterocycles. The fraction of sp³-hybridized carbons (Fsp3) is 0.0769. The van der Waals surface area contributed by atoms with E-state index in [0.29, 0.717) is 22.5 Å². The van der Waals surface area contributed by atoms with Crippen LogP contribution in [0.3, 0.4) is 0 Å². The van der Waals surface area contributed by atoms with Crippen molar-refractivity contribution < 1.29 is 19.6 Å². The maximum atomic E-state index is 13.1. The molecule has 298 valence electrons. The van der Waals surface area contributed by atoms with E-state index in [0.717, 1.165) is 68.6 Å². The van der Waals surface area contributed by atoms with Crippen molar-refractivity contribution in [1.82, 2.24) is 0 Å². The molecule has 1 aliphatic carbocycles. The molecule has 9 nitrogen and oxygen atoms in total. The van der Waals surface area contributed by atoms with Crippen molar-refractivity contribution in [2.24, 2.45) is 15.4 Å². The zero-order valence-electron chi connectivity index (χ0n) is 33.4. The van der Waals surface area contributed by atoms with E-state index in [4.69, 9.17) is 9.68 Å². The van der Waals surface area contributed by atoms with E-state index >= 15 is 0 Å². The highest BCUT2D eigenvalue weighted by atomic mass is 16.7. The van der Waals surface area contributed by atoms with Gasteiger partial charge < -0.3 is 19.7 Å². The van der Waals surface area contributed by atoms with Gasteiger partial charge in [-0.05, 0) is 132 Å². The van der Waals surface area contributed by atoms with Gasteiger partial charge in [-0.25, -0.2) is 5.48 Å². The second kappa shape index (κ2) is 17.4. The standard InChI is InChI=1S/C52H41N5O4/c1-35-12-26-46-47-28-23-41(32-49(47)52(59)48(46)30-35)54-55-51-45-27-19-38(31-39(45)20-29-50(51)58)33-60-53-34-61-56-40-21-15-36(16-22-40)13-14-37-17-24-44(25-18-37)57(42-8-4-2-5-9-42)43-10-6-3-7-11-43/h2-12,15-32,34,56,58H,13-14,33H2,1H3. The molecule has 0 aromatic heterocycles. The minimum Gasteiger partial charge on any atom is -0.506 e. The van der Waals surface area contributed by atoms with Crippen LogP contribution in [0, 0.1) is 6.92 Å². The van der Waals surface area contributed by atoms with E-state index in [1.54, 1.807) is 12.1 Å². The van der Waals surface area contributed by atoms with Crippen molar-refractivity contribution >= 4 is 57.1 Å². The number of rotatable bonds is 14. The minimum atomic E-state index is -0.0214. The van der Waals surface area contributed by atoms with Gasteiger partial charge in [0.2, 0.25) is 6.40 Å². The van der Waals surface area contributed by atoms with Gasteiger partial charge in [-0.1, -0.05) is 108 Å². The van der Waals surface area contributed by atoms with Crippen molar-refractivity contribution in [2.75, 3.05) is 10.4 Å². The number of carbonyl (C=O) groups excluding carboxylic acids is 1. The van der Waals surface area contributed by atoms with Crippen LogP contribution in [0.4, 0.5) is 34.1 Å². The second-order valence-corrected chi connectivity index (χ2v) is 14.9. The Balaban J connectivity index is 0.748. The topological polar surface area (TPSA) is 108 Å². The molecule has 0 heterocycles. The molecule has 2 N–H and O–H groups in total. The van der Waals surface area contributed by atoms with Crippen LogP contribution in [0.1, 0.15) is 38.2 Å².